The van der Waals surface area contributed by atoms with Crippen LogP contribution in [-0.2, 0) is 12.7 Å². The number of aromatic nitrogens is 1. The second-order valence-electron chi connectivity index (χ2n) is 3.36. The molecule has 0 aliphatic rings. The van der Waals surface area contributed by atoms with E-state index >= 15 is 0 Å². The summed E-state index contributed by atoms with van der Waals surface area (Å²) < 4.78 is 37.3. The molecule has 0 spiro atoms. The first-order valence-corrected chi connectivity index (χ1v) is 5.73. The van der Waals surface area contributed by atoms with Crippen LogP contribution in [0.1, 0.15) is 10.6 Å². The fourth-order valence-corrected chi connectivity index (χ4v) is 1.88. The number of alkyl halides is 3. The van der Waals surface area contributed by atoms with Gasteiger partial charge in [0, 0.05) is 17.3 Å². The standard InChI is InChI=1S/C11H9F3N2S/c12-11(13,14)8-2-1-3-9(6-8)16-7-10-15-4-5-17-10/h1-6,16H,7H2. The van der Waals surface area contributed by atoms with Gasteiger partial charge in [0.1, 0.15) is 5.01 Å². The molecule has 1 heterocycles. The van der Waals surface area contributed by atoms with E-state index in [1.54, 1.807) is 12.3 Å². The van der Waals surface area contributed by atoms with Gasteiger partial charge in [-0.1, -0.05) is 6.07 Å². The van der Waals surface area contributed by atoms with Crippen molar-refractivity contribution >= 4 is 17.0 Å². The molecule has 0 unspecified atom stereocenters. The summed E-state index contributed by atoms with van der Waals surface area (Å²) in [7, 11) is 0. The molecule has 0 fully saturated rings. The Bertz CT molecular complexity index is 480. The van der Waals surface area contributed by atoms with E-state index in [4.69, 9.17) is 0 Å². The first-order chi connectivity index (χ1) is 8.05. The molecule has 0 amide bonds. The van der Waals surface area contributed by atoms with Crippen LogP contribution in [0.2, 0.25) is 0 Å². The number of rotatable bonds is 3. The van der Waals surface area contributed by atoms with Crippen molar-refractivity contribution in [2.75, 3.05) is 5.32 Å². The van der Waals surface area contributed by atoms with Gasteiger partial charge >= 0.3 is 6.18 Å². The maximum absolute atomic E-state index is 12.4. The van der Waals surface area contributed by atoms with Crippen molar-refractivity contribution in [3.05, 3.63) is 46.4 Å². The van der Waals surface area contributed by atoms with Crippen molar-refractivity contribution in [2.45, 2.75) is 12.7 Å². The molecular weight excluding hydrogens is 249 g/mol. The van der Waals surface area contributed by atoms with Crippen molar-refractivity contribution in [3.8, 4) is 0 Å². The minimum Gasteiger partial charge on any atom is -0.379 e. The Balaban J connectivity index is 2.07. The zero-order chi connectivity index (χ0) is 12.3. The fraction of sp³-hybridized carbons (Fsp3) is 0.182. The lowest BCUT2D eigenvalue weighted by atomic mass is 10.2. The molecule has 0 saturated heterocycles. The molecule has 1 aromatic carbocycles. The van der Waals surface area contributed by atoms with Gasteiger partial charge in [0.05, 0.1) is 12.1 Å². The van der Waals surface area contributed by atoms with Gasteiger partial charge in [-0.15, -0.1) is 11.3 Å². The molecule has 6 heteroatoms. The van der Waals surface area contributed by atoms with Crippen molar-refractivity contribution in [1.29, 1.82) is 0 Å². The van der Waals surface area contributed by atoms with Crippen LogP contribution in [0, 0.1) is 0 Å². The lowest BCUT2D eigenvalue weighted by molar-refractivity contribution is -0.137. The van der Waals surface area contributed by atoms with E-state index < -0.39 is 11.7 Å². The monoisotopic (exact) mass is 258 g/mol. The highest BCUT2D eigenvalue weighted by Gasteiger charge is 2.30. The second-order valence-corrected chi connectivity index (χ2v) is 4.34. The lowest BCUT2D eigenvalue weighted by Gasteiger charge is -2.09. The summed E-state index contributed by atoms with van der Waals surface area (Å²) in [6, 6.07) is 5.12. The van der Waals surface area contributed by atoms with Crippen molar-refractivity contribution in [2.24, 2.45) is 0 Å². The van der Waals surface area contributed by atoms with E-state index in [0.717, 1.165) is 17.1 Å². The van der Waals surface area contributed by atoms with E-state index in [1.807, 2.05) is 5.38 Å². The Kier molecular flexibility index (Phi) is 3.33. The third-order valence-electron chi connectivity index (χ3n) is 2.12. The van der Waals surface area contributed by atoms with Crippen LogP contribution >= 0.6 is 11.3 Å². The third-order valence-corrected chi connectivity index (χ3v) is 2.90. The molecule has 1 aromatic heterocycles. The Morgan fingerprint density at radius 2 is 2.12 bits per heavy atom. The zero-order valence-corrected chi connectivity index (χ0v) is 9.48. The maximum atomic E-state index is 12.4. The van der Waals surface area contributed by atoms with Gasteiger partial charge in [-0.3, -0.25) is 0 Å². The summed E-state index contributed by atoms with van der Waals surface area (Å²) in [5.41, 5.74) is -0.211. The van der Waals surface area contributed by atoms with E-state index in [-0.39, 0.29) is 0 Å². The fourth-order valence-electron chi connectivity index (χ4n) is 1.32. The van der Waals surface area contributed by atoms with Crippen LogP contribution < -0.4 is 5.32 Å². The maximum Gasteiger partial charge on any atom is 0.416 e. The summed E-state index contributed by atoms with van der Waals surface area (Å²) in [5.74, 6) is 0. The molecule has 0 atom stereocenters. The Labute approximate surface area is 100 Å². The quantitative estimate of drug-likeness (QED) is 0.906. The summed E-state index contributed by atoms with van der Waals surface area (Å²) in [6.45, 7) is 0.430. The van der Waals surface area contributed by atoms with E-state index in [9.17, 15) is 13.2 Å². The van der Waals surface area contributed by atoms with Gasteiger partial charge in [0.15, 0.2) is 0 Å². The molecule has 2 aromatic rings. The molecule has 2 rings (SSSR count). The largest absolute Gasteiger partial charge is 0.416 e. The second kappa shape index (κ2) is 4.75. The van der Waals surface area contributed by atoms with E-state index in [1.165, 1.54) is 17.4 Å². The Morgan fingerprint density at radius 3 is 2.76 bits per heavy atom. The Hall–Kier alpha value is -1.56. The number of nitrogens with one attached hydrogen (secondary N) is 1. The number of anilines is 1. The van der Waals surface area contributed by atoms with Crippen molar-refractivity contribution in [1.82, 2.24) is 4.98 Å². The van der Waals surface area contributed by atoms with Gasteiger partial charge in [0.25, 0.3) is 0 Å². The van der Waals surface area contributed by atoms with Gasteiger partial charge in [-0.05, 0) is 18.2 Å². The molecule has 90 valence electrons. The normalized spacial score (nSPS) is 11.5. The lowest BCUT2D eigenvalue weighted by Crippen LogP contribution is -2.06. The topological polar surface area (TPSA) is 24.9 Å². The molecule has 0 bridgehead atoms. The molecule has 17 heavy (non-hydrogen) atoms. The van der Waals surface area contributed by atoms with Gasteiger partial charge < -0.3 is 5.32 Å². The summed E-state index contributed by atoms with van der Waals surface area (Å²) >= 11 is 1.46. The van der Waals surface area contributed by atoms with Crippen LogP contribution in [0.4, 0.5) is 18.9 Å². The third kappa shape index (κ3) is 3.20. The molecule has 0 aliphatic heterocycles. The highest BCUT2D eigenvalue weighted by molar-refractivity contribution is 7.09. The highest BCUT2D eigenvalue weighted by Crippen LogP contribution is 2.30. The van der Waals surface area contributed by atoms with Crippen LogP contribution in [0.15, 0.2) is 35.8 Å². The molecule has 0 radical (unpaired) electrons. The number of hydrogen-bond donors (Lipinski definition) is 1. The number of nitrogens with zero attached hydrogens (tertiary/aromatic N) is 1. The first-order valence-electron chi connectivity index (χ1n) is 4.85. The number of benzene rings is 1. The average molecular weight is 258 g/mol. The molecule has 1 N–H and O–H groups in total. The smallest absolute Gasteiger partial charge is 0.379 e. The predicted molar refractivity (Wildman–Crippen MR) is 60.9 cm³/mol. The average Bonchev–Trinajstić information content (AvgIpc) is 2.78. The SMILES string of the molecule is FC(F)(F)c1cccc(NCc2nccs2)c1. The number of halogens is 3. The predicted octanol–water partition coefficient (Wildman–Crippen LogP) is 3.77. The van der Waals surface area contributed by atoms with Crippen LogP contribution in [0.3, 0.4) is 0 Å². The first kappa shape index (κ1) is 11.9. The molecule has 0 saturated carbocycles. The molecular formula is C11H9F3N2S. The van der Waals surface area contributed by atoms with Crippen LogP contribution in [-0.4, -0.2) is 4.98 Å². The van der Waals surface area contributed by atoms with E-state index in [2.05, 4.69) is 10.3 Å². The van der Waals surface area contributed by atoms with Crippen LogP contribution in [0.5, 0.6) is 0 Å². The van der Waals surface area contributed by atoms with E-state index in [0.29, 0.717) is 12.2 Å². The minimum absolute atomic E-state index is 0.430. The summed E-state index contributed by atoms with van der Waals surface area (Å²) in [6.07, 6.45) is -2.65. The number of hydrogen-bond acceptors (Lipinski definition) is 3. The van der Waals surface area contributed by atoms with Crippen LogP contribution in [0.25, 0.3) is 0 Å². The number of thiazole rings is 1. The molecule has 2 nitrogen and oxygen atoms in total. The van der Waals surface area contributed by atoms with Gasteiger partial charge in [-0.2, -0.15) is 13.2 Å². The summed E-state index contributed by atoms with van der Waals surface area (Å²) in [4.78, 5) is 4.04. The zero-order valence-electron chi connectivity index (χ0n) is 8.66. The van der Waals surface area contributed by atoms with Gasteiger partial charge in [0.2, 0.25) is 0 Å². The highest BCUT2D eigenvalue weighted by atomic mass is 32.1. The van der Waals surface area contributed by atoms with Gasteiger partial charge in [-0.25, -0.2) is 4.98 Å². The molecule has 0 aliphatic carbocycles. The Morgan fingerprint density at radius 1 is 1.29 bits per heavy atom. The minimum atomic E-state index is -4.31. The van der Waals surface area contributed by atoms with Crippen molar-refractivity contribution < 1.29 is 13.2 Å². The summed E-state index contributed by atoms with van der Waals surface area (Å²) in [5, 5.41) is 5.57. The van der Waals surface area contributed by atoms with Crippen molar-refractivity contribution in [3.63, 3.8) is 0 Å².